The molecule has 0 radical (unpaired) electrons. The summed E-state index contributed by atoms with van der Waals surface area (Å²) in [7, 11) is 0. The highest BCUT2D eigenvalue weighted by Crippen LogP contribution is 2.35. The Balaban J connectivity index is 2.47. The molecule has 2 rings (SSSR count). The molecule has 0 saturated heterocycles. The summed E-state index contributed by atoms with van der Waals surface area (Å²) in [5, 5.41) is 10.2. The van der Waals surface area contributed by atoms with E-state index >= 15 is 0 Å². The van der Waals surface area contributed by atoms with E-state index < -0.39 is 23.7 Å². The van der Waals surface area contributed by atoms with Crippen LogP contribution in [0.3, 0.4) is 0 Å². The molecule has 0 aliphatic heterocycles. The van der Waals surface area contributed by atoms with Crippen LogP contribution in [-0.4, -0.2) is 5.11 Å². The summed E-state index contributed by atoms with van der Waals surface area (Å²) in [6.45, 7) is 1.50. The van der Waals surface area contributed by atoms with Gasteiger partial charge in [-0.2, -0.15) is 13.2 Å². The molecule has 2 aromatic rings. The summed E-state index contributed by atoms with van der Waals surface area (Å²) >= 11 is 0. The van der Waals surface area contributed by atoms with Gasteiger partial charge >= 0.3 is 6.18 Å². The minimum Gasteiger partial charge on any atom is -0.398 e. The first-order valence-electron chi connectivity index (χ1n) is 6.11. The lowest BCUT2D eigenvalue weighted by Crippen LogP contribution is -2.10. The number of benzene rings is 2. The molecule has 1 unspecified atom stereocenters. The molecule has 21 heavy (non-hydrogen) atoms. The van der Waals surface area contributed by atoms with E-state index in [1.807, 2.05) is 0 Å². The van der Waals surface area contributed by atoms with Gasteiger partial charge in [0.2, 0.25) is 0 Å². The smallest absolute Gasteiger partial charge is 0.398 e. The van der Waals surface area contributed by atoms with Gasteiger partial charge in [-0.05, 0) is 42.3 Å². The average molecular weight is 299 g/mol. The van der Waals surface area contributed by atoms with Crippen molar-refractivity contribution >= 4 is 5.69 Å². The molecule has 6 heteroatoms. The van der Waals surface area contributed by atoms with Crippen LogP contribution in [0.2, 0.25) is 0 Å². The molecule has 0 heterocycles. The molecule has 0 amide bonds. The van der Waals surface area contributed by atoms with Gasteiger partial charge in [-0.3, -0.25) is 0 Å². The molecule has 1 atom stereocenters. The third-order valence-electron chi connectivity index (χ3n) is 3.21. The molecular weight excluding hydrogens is 286 g/mol. The van der Waals surface area contributed by atoms with Crippen LogP contribution in [0.15, 0.2) is 36.4 Å². The number of aliphatic hydroxyl groups excluding tert-OH is 1. The second-order valence-electron chi connectivity index (χ2n) is 4.75. The normalized spacial score (nSPS) is 13.2. The summed E-state index contributed by atoms with van der Waals surface area (Å²) in [5.41, 5.74) is 5.29. The summed E-state index contributed by atoms with van der Waals surface area (Å²) in [6, 6.07) is 6.59. The molecule has 0 saturated carbocycles. The number of hydrogen-bond donors (Lipinski definition) is 2. The van der Waals surface area contributed by atoms with Crippen molar-refractivity contribution in [3.8, 4) is 0 Å². The second kappa shape index (κ2) is 5.37. The Bertz CT molecular complexity index is 667. The van der Waals surface area contributed by atoms with Crippen LogP contribution in [0, 0.1) is 12.7 Å². The van der Waals surface area contributed by atoms with Crippen molar-refractivity contribution in [2.45, 2.75) is 19.2 Å². The molecular formula is C15H13F4NO. The highest BCUT2D eigenvalue weighted by molar-refractivity contribution is 5.53. The van der Waals surface area contributed by atoms with Crippen molar-refractivity contribution in [1.29, 1.82) is 0 Å². The van der Waals surface area contributed by atoms with Gasteiger partial charge < -0.3 is 10.8 Å². The molecule has 0 aliphatic rings. The van der Waals surface area contributed by atoms with Crippen LogP contribution >= 0.6 is 0 Å². The van der Waals surface area contributed by atoms with Crippen LogP contribution in [-0.2, 0) is 6.18 Å². The summed E-state index contributed by atoms with van der Waals surface area (Å²) in [4.78, 5) is 0. The van der Waals surface area contributed by atoms with Gasteiger partial charge in [0.15, 0.2) is 0 Å². The SMILES string of the molecule is Cc1cc(C(O)c2cc(C(F)(F)F)ccc2N)ccc1F. The molecule has 2 nitrogen and oxygen atoms in total. The largest absolute Gasteiger partial charge is 0.416 e. The number of aryl methyl sites for hydroxylation is 1. The third kappa shape index (κ3) is 3.16. The van der Waals surface area contributed by atoms with E-state index in [4.69, 9.17) is 5.73 Å². The highest BCUT2D eigenvalue weighted by Gasteiger charge is 2.31. The van der Waals surface area contributed by atoms with Gasteiger partial charge in [0.05, 0.1) is 5.56 Å². The van der Waals surface area contributed by atoms with Gasteiger partial charge in [0.1, 0.15) is 11.9 Å². The lowest BCUT2D eigenvalue weighted by atomic mass is 9.96. The third-order valence-corrected chi connectivity index (χ3v) is 3.21. The van der Waals surface area contributed by atoms with E-state index in [0.717, 1.165) is 24.3 Å². The Morgan fingerprint density at radius 2 is 1.76 bits per heavy atom. The summed E-state index contributed by atoms with van der Waals surface area (Å²) < 4.78 is 51.3. The van der Waals surface area contributed by atoms with Crippen LogP contribution in [0.25, 0.3) is 0 Å². The standard InChI is InChI=1S/C15H13F4NO/c1-8-6-9(2-4-12(8)16)14(21)11-7-10(15(17,18)19)3-5-13(11)20/h2-7,14,21H,20H2,1H3. The van der Waals surface area contributed by atoms with E-state index in [9.17, 15) is 22.7 Å². The van der Waals surface area contributed by atoms with E-state index in [1.54, 1.807) is 0 Å². The zero-order valence-corrected chi connectivity index (χ0v) is 11.1. The van der Waals surface area contributed by atoms with Gasteiger partial charge in [-0.15, -0.1) is 0 Å². The molecule has 0 fully saturated rings. The average Bonchev–Trinajstić information content (AvgIpc) is 2.40. The molecule has 0 aliphatic carbocycles. The molecule has 0 bridgehead atoms. The number of halogens is 4. The van der Waals surface area contributed by atoms with Gasteiger partial charge in [0.25, 0.3) is 0 Å². The van der Waals surface area contributed by atoms with Gasteiger partial charge in [-0.1, -0.05) is 12.1 Å². The Morgan fingerprint density at radius 1 is 1.10 bits per heavy atom. The maximum absolute atomic E-state index is 13.2. The minimum absolute atomic E-state index is 0.0393. The quantitative estimate of drug-likeness (QED) is 0.654. The van der Waals surface area contributed by atoms with Crippen molar-refractivity contribution in [3.05, 3.63) is 64.5 Å². The zero-order valence-electron chi connectivity index (χ0n) is 11.1. The predicted octanol–water partition coefficient (Wildman–Crippen LogP) is 3.82. The van der Waals surface area contributed by atoms with Gasteiger partial charge in [0, 0.05) is 11.3 Å². The minimum atomic E-state index is -4.53. The number of anilines is 1. The predicted molar refractivity (Wildman–Crippen MR) is 71.1 cm³/mol. The zero-order chi connectivity index (χ0) is 15.8. The maximum Gasteiger partial charge on any atom is 0.416 e. The molecule has 0 spiro atoms. The Morgan fingerprint density at radius 3 is 2.33 bits per heavy atom. The molecule has 2 aromatic carbocycles. The Kier molecular flexibility index (Phi) is 3.91. The highest BCUT2D eigenvalue weighted by atomic mass is 19.4. The number of aliphatic hydroxyl groups is 1. The van der Waals surface area contributed by atoms with E-state index in [0.29, 0.717) is 0 Å². The first kappa shape index (κ1) is 15.3. The van der Waals surface area contributed by atoms with E-state index in [-0.39, 0.29) is 22.4 Å². The fraction of sp³-hybridized carbons (Fsp3) is 0.200. The lowest BCUT2D eigenvalue weighted by Gasteiger charge is -2.17. The maximum atomic E-state index is 13.2. The first-order chi connectivity index (χ1) is 9.70. The number of alkyl halides is 3. The topological polar surface area (TPSA) is 46.2 Å². The van der Waals surface area contributed by atoms with Crippen molar-refractivity contribution in [1.82, 2.24) is 0 Å². The van der Waals surface area contributed by atoms with E-state index in [1.165, 1.54) is 19.1 Å². The fourth-order valence-corrected chi connectivity index (χ4v) is 2.01. The van der Waals surface area contributed by atoms with Crippen LogP contribution in [0.1, 0.15) is 28.4 Å². The summed E-state index contributed by atoms with van der Waals surface area (Å²) in [5.74, 6) is -0.456. The first-order valence-corrected chi connectivity index (χ1v) is 6.11. The Hall–Kier alpha value is -2.08. The van der Waals surface area contributed by atoms with Crippen molar-refractivity contribution in [2.75, 3.05) is 5.73 Å². The lowest BCUT2D eigenvalue weighted by molar-refractivity contribution is -0.137. The summed E-state index contributed by atoms with van der Waals surface area (Å²) in [6.07, 6.45) is -5.88. The second-order valence-corrected chi connectivity index (χ2v) is 4.75. The fourth-order valence-electron chi connectivity index (χ4n) is 2.01. The van der Waals surface area contributed by atoms with E-state index in [2.05, 4.69) is 0 Å². The van der Waals surface area contributed by atoms with Crippen molar-refractivity contribution < 1.29 is 22.7 Å². The number of nitrogens with two attached hydrogens (primary N) is 1. The van der Waals surface area contributed by atoms with Crippen LogP contribution in [0.5, 0.6) is 0 Å². The Labute approximate surface area is 118 Å². The molecule has 0 aromatic heterocycles. The van der Waals surface area contributed by atoms with Gasteiger partial charge in [-0.25, -0.2) is 4.39 Å². The van der Waals surface area contributed by atoms with Crippen molar-refractivity contribution in [3.63, 3.8) is 0 Å². The molecule has 112 valence electrons. The number of nitrogen functional groups attached to an aromatic ring is 1. The number of rotatable bonds is 2. The van der Waals surface area contributed by atoms with Crippen molar-refractivity contribution in [2.24, 2.45) is 0 Å². The van der Waals surface area contributed by atoms with Crippen LogP contribution < -0.4 is 5.73 Å². The monoisotopic (exact) mass is 299 g/mol. The number of hydrogen-bond acceptors (Lipinski definition) is 2. The van der Waals surface area contributed by atoms with Crippen LogP contribution in [0.4, 0.5) is 23.2 Å². The molecule has 3 N–H and O–H groups in total.